The number of thiazole rings is 1. The van der Waals surface area contributed by atoms with Crippen LogP contribution >= 0.6 is 11.3 Å². The maximum absolute atomic E-state index is 11.9. The molecule has 0 saturated carbocycles. The largest absolute Gasteiger partial charge is 0.369 e. The minimum atomic E-state index is -0.725. The number of nitrogens with one attached hydrogen (secondary N) is 1. The number of nitrogens with zero attached hydrogens (tertiary/aromatic N) is 4. The summed E-state index contributed by atoms with van der Waals surface area (Å²) >= 11 is 1.64. The number of hydrogen-bond acceptors (Lipinski definition) is 7. The highest BCUT2D eigenvalue weighted by Crippen LogP contribution is 2.36. The lowest BCUT2D eigenvalue weighted by Gasteiger charge is -2.16. The van der Waals surface area contributed by atoms with E-state index in [0.717, 1.165) is 74.7 Å². The number of rotatable bonds is 9. The van der Waals surface area contributed by atoms with Gasteiger partial charge in [-0.25, -0.2) is 15.0 Å². The third kappa shape index (κ3) is 5.17. The molecule has 0 fully saturated rings. The fourth-order valence-corrected chi connectivity index (χ4v) is 5.64. The highest BCUT2D eigenvalue weighted by atomic mass is 32.2. The minimum absolute atomic E-state index is 0.451. The van der Waals surface area contributed by atoms with Gasteiger partial charge in [-0.2, -0.15) is 0 Å². The Morgan fingerprint density at radius 3 is 2.62 bits per heavy atom. The van der Waals surface area contributed by atoms with E-state index in [0.29, 0.717) is 5.92 Å². The molecule has 0 saturated heterocycles. The zero-order chi connectivity index (χ0) is 21.0. The Labute approximate surface area is 179 Å². The summed E-state index contributed by atoms with van der Waals surface area (Å²) in [7, 11) is -0.725. The van der Waals surface area contributed by atoms with Crippen LogP contribution in [0.4, 0.5) is 5.82 Å². The van der Waals surface area contributed by atoms with Crippen LogP contribution < -0.4 is 5.32 Å². The van der Waals surface area contributed by atoms with E-state index < -0.39 is 10.8 Å². The molecule has 8 heteroatoms. The van der Waals surface area contributed by atoms with Gasteiger partial charge in [-0.3, -0.25) is 9.19 Å². The number of fused-ring (bicyclic) bond motifs is 1. The summed E-state index contributed by atoms with van der Waals surface area (Å²) in [4.78, 5) is 18.4. The minimum Gasteiger partial charge on any atom is -0.369 e. The van der Waals surface area contributed by atoms with Gasteiger partial charge in [0.25, 0.3) is 0 Å². The van der Waals surface area contributed by atoms with E-state index in [1.165, 1.54) is 0 Å². The summed E-state index contributed by atoms with van der Waals surface area (Å²) in [5.41, 5.74) is 3.75. The molecule has 0 aliphatic rings. The molecule has 0 spiro atoms. The quantitative estimate of drug-likeness (QED) is 0.530. The third-order valence-electron chi connectivity index (χ3n) is 5.07. The Hall–Kier alpha value is -1.93. The van der Waals surface area contributed by atoms with Gasteiger partial charge in [0.05, 0.1) is 21.7 Å². The average molecular weight is 432 g/mol. The van der Waals surface area contributed by atoms with Crippen LogP contribution in [0.2, 0.25) is 0 Å². The fraction of sp³-hybridized carbons (Fsp3) is 0.524. The molecule has 3 heterocycles. The molecule has 0 radical (unpaired) electrons. The lowest BCUT2D eigenvalue weighted by Crippen LogP contribution is -2.17. The first kappa shape index (κ1) is 21.8. The van der Waals surface area contributed by atoms with E-state index in [-0.39, 0.29) is 0 Å². The van der Waals surface area contributed by atoms with E-state index >= 15 is 0 Å². The molecule has 0 aliphatic carbocycles. The Kier molecular flexibility index (Phi) is 7.29. The molecule has 0 amide bonds. The first-order chi connectivity index (χ1) is 13.9. The smallest absolute Gasteiger partial charge is 0.140 e. The van der Waals surface area contributed by atoms with Crippen molar-refractivity contribution in [1.82, 2.24) is 19.9 Å². The summed E-state index contributed by atoms with van der Waals surface area (Å²) < 4.78 is 13.0. The number of anilines is 1. The Balaban J connectivity index is 1.85. The van der Waals surface area contributed by atoms with Crippen molar-refractivity contribution in [2.24, 2.45) is 5.92 Å². The average Bonchev–Trinajstić information content (AvgIpc) is 3.11. The first-order valence-corrected chi connectivity index (χ1v) is 12.4. The molecule has 3 rings (SSSR count). The van der Waals surface area contributed by atoms with Gasteiger partial charge < -0.3 is 5.32 Å². The van der Waals surface area contributed by atoms with Crippen LogP contribution in [0, 0.1) is 26.7 Å². The predicted molar refractivity (Wildman–Crippen MR) is 123 cm³/mol. The van der Waals surface area contributed by atoms with Crippen LogP contribution in [-0.4, -0.2) is 42.2 Å². The second-order valence-corrected chi connectivity index (χ2v) is 10.0. The topological polar surface area (TPSA) is 80.7 Å². The Bertz CT molecular complexity index is 1020. The van der Waals surface area contributed by atoms with Gasteiger partial charge in [-0.15, -0.1) is 11.3 Å². The van der Waals surface area contributed by atoms with Crippen molar-refractivity contribution in [1.29, 1.82) is 0 Å². The molecule has 0 aliphatic heterocycles. The first-order valence-electron chi connectivity index (χ1n) is 10.1. The van der Waals surface area contributed by atoms with Crippen molar-refractivity contribution < 1.29 is 4.21 Å². The molecule has 156 valence electrons. The molecule has 3 aromatic heterocycles. The summed E-state index contributed by atoms with van der Waals surface area (Å²) in [5.74, 6) is 3.52. The van der Waals surface area contributed by atoms with E-state index in [4.69, 9.17) is 4.98 Å². The second kappa shape index (κ2) is 9.71. The van der Waals surface area contributed by atoms with Crippen molar-refractivity contribution >= 4 is 38.2 Å². The van der Waals surface area contributed by atoms with Gasteiger partial charge in [-0.05, 0) is 39.2 Å². The van der Waals surface area contributed by atoms with Crippen LogP contribution in [0.5, 0.6) is 0 Å². The molecule has 1 N–H and O–H groups in total. The lowest BCUT2D eigenvalue weighted by atomic mass is 10.1. The van der Waals surface area contributed by atoms with Gasteiger partial charge in [0, 0.05) is 35.0 Å². The maximum atomic E-state index is 11.9. The van der Waals surface area contributed by atoms with E-state index in [1.54, 1.807) is 11.3 Å². The van der Waals surface area contributed by atoms with E-state index in [9.17, 15) is 4.21 Å². The van der Waals surface area contributed by atoms with Gasteiger partial charge in [-0.1, -0.05) is 20.3 Å². The molecular formula is C21H29N5OS2. The normalized spacial score (nSPS) is 13.6. The highest BCUT2D eigenvalue weighted by molar-refractivity contribution is 7.84. The van der Waals surface area contributed by atoms with E-state index in [2.05, 4.69) is 27.2 Å². The molecule has 0 aromatic carbocycles. The number of hydrogen-bond donors (Lipinski definition) is 1. The van der Waals surface area contributed by atoms with Gasteiger partial charge in [0.1, 0.15) is 22.2 Å². The number of pyridine rings is 1. The zero-order valence-corrected chi connectivity index (χ0v) is 19.4. The van der Waals surface area contributed by atoms with Crippen molar-refractivity contribution in [3.8, 4) is 10.6 Å². The van der Waals surface area contributed by atoms with E-state index in [1.807, 2.05) is 40.0 Å². The van der Waals surface area contributed by atoms with Crippen LogP contribution in [-0.2, 0) is 10.8 Å². The second-order valence-electron chi connectivity index (χ2n) is 7.23. The lowest BCUT2D eigenvalue weighted by molar-refractivity contribution is 0.533. The SMILES string of the molecule is CCC(CCNc1nc(C)nc(C)c1-c1nc2c(C)nccc2s1)CS(=O)CC. The molecule has 3 aromatic rings. The summed E-state index contributed by atoms with van der Waals surface area (Å²) in [5, 5.41) is 4.42. The predicted octanol–water partition coefficient (Wildman–Crippen LogP) is 4.67. The van der Waals surface area contributed by atoms with Gasteiger partial charge in [0.15, 0.2) is 0 Å². The molecule has 0 bridgehead atoms. The van der Waals surface area contributed by atoms with Crippen molar-refractivity contribution in [2.75, 3.05) is 23.4 Å². The summed E-state index contributed by atoms with van der Waals surface area (Å²) in [6.07, 6.45) is 3.82. The Morgan fingerprint density at radius 1 is 1.14 bits per heavy atom. The third-order valence-corrected chi connectivity index (χ3v) is 7.60. The van der Waals surface area contributed by atoms with Gasteiger partial charge >= 0.3 is 0 Å². The van der Waals surface area contributed by atoms with Crippen LogP contribution in [0.3, 0.4) is 0 Å². The van der Waals surface area contributed by atoms with Gasteiger partial charge in [0.2, 0.25) is 0 Å². The highest BCUT2D eigenvalue weighted by Gasteiger charge is 2.18. The molecule has 29 heavy (non-hydrogen) atoms. The van der Waals surface area contributed by atoms with Crippen LogP contribution in [0.1, 0.15) is 43.9 Å². The maximum Gasteiger partial charge on any atom is 0.140 e. The molecule has 2 atom stereocenters. The number of aromatic nitrogens is 4. The standard InChI is InChI=1S/C21H29N5OS2/c1-6-16(12-29(27)7-2)8-10-23-20-18(13(3)24-15(5)25-20)21-26-19-14(4)22-11-9-17(19)28-21/h9,11,16H,6-8,10,12H2,1-5H3,(H,23,24,25). The number of aryl methyl sites for hydroxylation is 3. The van der Waals surface area contributed by atoms with Crippen LogP contribution in [0.15, 0.2) is 12.3 Å². The summed E-state index contributed by atoms with van der Waals surface area (Å²) in [6, 6.07) is 2.00. The fourth-order valence-electron chi connectivity index (χ4n) is 3.37. The molecular weight excluding hydrogens is 402 g/mol. The Morgan fingerprint density at radius 2 is 1.93 bits per heavy atom. The molecule has 2 unspecified atom stereocenters. The van der Waals surface area contributed by atoms with Crippen LogP contribution in [0.25, 0.3) is 20.8 Å². The molecule has 6 nitrogen and oxygen atoms in total. The monoisotopic (exact) mass is 431 g/mol. The van der Waals surface area contributed by atoms with Crippen molar-refractivity contribution in [3.63, 3.8) is 0 Å². The van der Waals surface area contributed by atoms with Crippen molar-refractivity contribution in [3.05, 3.63) is 29.5 Å². The van der Waals surface area contributed by atoms with Crippen molar-refractivity contribution in [2.45, 2.75) is 47.5 Å². The zero-order valence-electron chi connectivity index (χ0n) is 17.8. The summed E-state index contributed by atoms with van der Waals surface area (Å²) in [6.45, 7) is 10.8.